The van der Waals surface area contributed by atoms with Crippen LogP contribution in [0.15, 0.2) is 41.4 Å². The average molecular weight is 311 g/mol. The summed E-state index contributed by atoms with van der Waals surface area (Å²) in [7, 11) is 0. The number of benzene rings is 1. The lowest BCUT2D eigenvalue weighted by molar-refractivity contribution is 0.102. The van der Waals surface area contributed by atoms with E-state index in [1.165, 1.54) is 6.33 Å². The molecule has 0 aliphatic heterocycles. The number of rotatable bonds is 4. The van der Waals surface area contributed by atoms with Gasteiger partial charge in [-0.05, 0) is 31.2 Å². The Morgan fingerprint density at radius 1 is 1.26 bits per heavy atom. The Labute approximate surface area is 133 Å². The number of amides is 1. The van der Waals surface area contributed by atoms with Gasteiger partial charge in [-0.2, -0.15) is 5.10 Å². The second-order valence-corrected chi connectivity index (χ2v) is 5.50. The molecule has 23 heavy (non-hydrogen) atoms. The molecule has 1 aromatic carbocycles. The molecule has 0 fully saturated rings. The summed E-state index contributed by atoms with van der Waals surface area (Å²) in [5.41, 5.74) is 2.64. The van der Waals surface area contributed by atoms with Crippen LogP contribution >= 0.6 is 0 Å². The van der Waals surface area contributed by atoms with Crippen molar-refractivity contribution in [2.75, 3.05) is 5.32 Å². The molecule has 0 saturated carbocycles. The lowest BCUT2D eigenvalue weighted by Gasteiger charge is -2.08. The molecular weight excluding hydrogens is 294 g/mol. The second-order valence-electron chi connectivity index (χ2n) is 5.50. The highest BCUT2D eigenvalue weighted by atomic mass is 16.5. The van der Waals surface area contributed by atoms with Gasteiger partial charge in [0.2, 0.25) is 0 Å². The number of carbonyl (C=O) groups excluding carboxylic acids is 1. The van der Waals surface area contributed by atoms with Crippen LogP contribution in [-0.2, 0) is 0 Å². The van der Waals surface area contributed by atoms with Crippen molar-refractivity contribution < 1.29 is 9.32 Å². The minimum absolute atomic E-state index is 0.0895. The Bertz CT molecular complexity index is 804. The zero-order valence-electron chi connectivity index (χ0n) is 13.1. The molecule has 0 aliphatic rings. The first-order valence-electron chi connectivity index (χ1n) is 7.29. The standard InChI is InChI=1S/C16H17N5O2/c1-10(2)15-14(11(3)20-23-15)16(22)19-12-4-6-13(7-5-12)21-9-17-8-18-21/h4-10H,1-3H3,(H,19,22). The fourth-order valence-electron chi connectivity index (χ4n) is 2.29. The van der Waals surface area contributed by atoms with E-state index >= 15 is 0 Å². The van der Waals surface area contributed by atoms with Crippen LogP contribution in [0.3, 0.4) is 0 Å². The van der Waals surface area contributed by atoms with E-state index in [1.807, 2.05) is 38.1 Å². The highest BCUT2D eigenvalue weighted by Crippen LogP contribution is 2.23. The molecule has 3 rings (SSSR count). The predicted molar refractivity (Wildman–Crippen MR) is 84.6 cm³/mol. The van der Waals surface area contributed by atoms with Crippen LogP contribution in [0.5, 0.6) is 0 Å². The molecule has 0 atom stereocenters. The van der Waals surface area contributed by atoms with E-state index in [0.29, 0.717) is 22.7 Å². The van der Waals surface area contributed by atoms with Crippen molar-refractivity contribution in [3.8, 4) is 5.69 Å². The zero-order chi connectivity index (χ0) is 16.4. The van der Waals surface area contributed by atoms with Gasteiger partial charge in [0.05, 0.1) is 11.4 Å². The normalized spacial score (nSPS) is 11.0. The average Bonchev–Trinajstić information content (AvgIpc) is 3.17. The van der Waals surface area contributed by atoms with Crippen LogP contribution in [0.1, 0.15) is 41.6 Å². The topological polar surface area (TPSA) is 85.8 Å². The molecule has 0 bridgehead atoms. The van der Waals surface area contributed by atoms with E-state index in [9.17, 15) is 4.79 Å². The minimum atomic E-state index is -0.221. The van der Waals surface area contributed by atoms with Crippen molar-refractivity contribution in [3.63, 3.8) is 0 Å². The molecule has 2 heterocycles. The number of aromatic nitrogens is 4. The molecule has 0 unspecified atom stereocenters. The summed E-state index contributed by atoms with van der Waals surface area (Å²) in [4.78, 5) is 16.4. The summed E-state index contributed by atoms with van der Waals surface area (Å²) in [6, 6.07) is 7.34. The quantitative estimate of drug-likeness (QED) is 0.800. The van der Waals surface area contributed by atoms with Crippen LogP contribution < -0.4 is 5.32 Å². The maximum absolute atomic E-state index is 12.5. The van der Waals surface area contributed by atoms with Gasteiger partial charge >= 0.3 is 0 Å². The number of aryl methyl sites for hydroxylation is 1. The van der Waals surface area contributed by atoms with Crippen molar-refractivity contribution in [3.05, 3.63) is 53.9 Å². The van der Waals surface area contributed by atoms with E-state index in [0.717, 1.165) is 5.69 Å². The molecular formula is C16H17N5O2. The van der Waals surface area contributed by atoms with Gasteiger partial charge in [-0.1, -0.05) is 19.0 Å². The molecule has 0 spiro atoms. The van der Waals surface area contributed by atoms with Gasteiger partial charge in [0, 0.05) is 11.6 Å². The Morgan fingerprint density at radius 3 is 2.61 bits per heavy atom. The minimum Gasteiger partial charge on any atom is -0.360 e. The van der Waals surface area contributed by atoms with Crippen molar-refractivity contribution in [2.24, 2.45) is 0 Å². The maximum Gasteiger partial charge on any atom is 0.261 e. The van der Waals surface area contributed by atoms with Crippen LogP contribution in [-0.4, -0.2) is 25.8 Å². The first-order valence-corrected chi connectivity index (χ1v) is 7.29. The molecule has 1 amide bonds. The monoisotopic (exact) mass is 311 g/mol. The van der Waals surface area contributed by atoms with Gasteiger partial charge in [0.15, 0.2) is 5.76 Å². The summed E-state index contributed by atoms with van der Waals surface area (Å²) in [6.45, 7) is 5.69. The third-order valence-electron chi connectivity index (χ3n) is 3.45. The van der Waals surface area contributed by atoms with Crippen LogP contribution in [0, 0.1) is 6.92 Å². The number of nitrogens with zero attached hydrogens (tertiary/aromatic N) is 4. The molecule has 7 heteroatoms. The predicted octanol–water partition coefficient (Wildman–Crippen LogP) is 2.94. The maximum atomic E-state index is 12.5. The number of hydrogen-bond donors (Lipinski definition) is 1. The van der Waals surface area contributed by atoms with Crippen LogP contribution in [0.4, 0.5) is 5.69 Å². The molecule has 3 aromatic rings. The molecule has 1 N–H and O–H groups in total. The number of hydrogen-bond acceptors (Lipinski definition) is 5. The number of anilines is 1. The Balaban J connectivity index is 1.80. The third kappa shape index (κ3) is 2.98. The van der Waals surface area contributed by atoms with Crippen molar-refractivity contribution >= 4 is 11.6 Å². The van der Waals surface area contributed by atoms with Gasteiger partial charge in [-0.25, -0.2) is 9.67 Å². The molecule has 118 valence electrons. The van der Waals surface area contributed by atoms with Gasteiger partial charge in [-0.15, -0.1) is 0 Å². The van der Waals surface area contributed by atoms with Crippen LogP contribution in [0.25, 0.3) is 5.69 Å². The fraction of sp³-hybridized carbons (Fsp3) is 0.250. The molecule has 7 nitrogen and oxygen atoms in total. The summed E-state index contributed by atoms with van der Waals surface area (Å²) >= 11 is 0. The van der Waals surface area contributed by atoms with E-state index in [-0.39, 0.29) is 11.8 Å². The Morgan fingerprint density at radius 2 is 2.00 bits per heavy atom. The van der Waals surface area contributed by atoms with Gasteiger partial charge in [0.25, 0.3) is 5.91 Å². The smallest absolute Gasteiger partial charge is 0.261 e. The summed E-state index contributed by atoms with van der Waals surface area (Å²) in [5.74, 6) is 0.465. The van der Waals surface area contributed by atoms with E-state index in [2.05, 4.69) is 20.6 Å². The largest absolute Gasteiger partial charge is 0.360 e. The molecule has 2 aromatic heterocycles. The highest BCUT2D eigenvalue weighted by Gasteiger charge is 2.22. The van der Waals surface area contributed by atoms with E-state index in [1.54, 1.807) is 17.9 Å². The number of nitrogens with one attached hydrogen (secondary N) is 1. The van der Waals surface area contributed by atoms with E-state index in [4.69, 9.17) is 4.52 Å². The Kier molecular flexibility index (Phi) is 3.92. The SMILES string of the molecule is Cc1noc(C(C)C)c1C(=O)Nc1ccc(-n2cncn2)cc1. The highest BCUT2D eigenvalue weighted by molar-refractivity contribution is 6.05. The second kappa shape index (κ2) is 6.04. The first kappa shape index (κ1) is 15.0. The van der Waals surface area contributed by atoms with Crippen LogP contribution in [0.2, 0.25) is 0 Å². The van der Waals surface area contributed by atoms with Crippen molar-refractivity contribution in [1.29, 1.82) is 0 Å². The van der Waals surface area contributed by atoms with Crippen molar-refractivity contribution in [2.45, 2.75) is 26.7 Å². The van der Waals surface area contributed by atoms with Gasteiger partial charge in [0.1, 0.15) is 18.2 Å². The lowest BCUT2D eigenvalue weighted by atomic mass is 10.0. The molecule has 0 aliphatic carbocycles. The fourth-order valence-corrected chi connectivity index (χ4v) is 2.29. The zero-order valence-corrected chi connectivity index (χ0v) is 13.1. The Hall–Kier alpha value is -2.96. The molecule has 0 saturated heterocycles. The summed E-state index contributed by atoms with van der Waals surface area (Å²) in [5, 5.41) is 10.8. The molecule has 0 radical (unpaired) electrons. The van der Waals surface area contributed by atoms with Gasteiger partial charge in [-0.3, -0.25) is 4.79 Å². The van der Waals surface area contributed by atoms with E-state index < -0.39 is 0 Å². The van der Waals surface area contributed by atoms with Crippen molar-refractivity contribution in [1.82, 2.24) is 19.9 Å². The lowest BCUT2D eigenvalue weighted by Crippen LogP contribution is -2.14. The van der Waals surface area contributed by atoms with Gasteiger partial charge < -0.3 is 9.84 Å². The summed E-state index contributed by atoms with van der Waals surface area (Å²) in [6.07, 6.45) is 3.08. The third-order valence-corrected chi connectivity index (χ3v) is 3.45. The summed E-state index contributed by atoms with van der Waals surface area (Å²) < 4.78 is 6.90. The number of carbonyl (C=O) groups is 1. The first-order chi connectivity index (χ1) is 11.1.